The summed E-state index contributed by atoms with van der Waals surface area (Å²) < 4.78 is 39.0. The number of nitrogens with one attached hydrogen (secondary N) is 1. The van der Waals surface area contributed by atoms with E-state index in [1.54, 1.807) is 13.8 Å². The number of rotatable bonds is 4. The molecule has 0 spiro atoms. The zero-order chi connectivity index (χ0) is 15.6. The Labute approximate surface area is 120 Å². The van der Waals surface area contributed by atoms with Gasteiger partial charge in [-0.05, 0) is 26.3 Å². The summed E-state index contributed by atoms with van der Waals surface area (Å²) in [5.41, 5.74) is -0.285. The first-order valence-corrected chi connectivity index (χ1v) is 6.55. The molecule has 0 saturated heterocycles. The van der Waals surface area contributed by atoms with Gasteiger partial charge in [-0.2, -0.15) is 18.3 Å². The van der Waals surface area contributed by atoms with Crippen molar-refractivity contribution in [2.24, 2.45) is 0 Å². The van der Waals surface area contributed by atoms with Crippen molar-refractivity contribution in [2.45, 2.75) is 33.4 Å². The Balaban J connectivity index is 2.44. The number of nitrogens with zero attached hydrogens (tertiary/aromatic N) is 4. The summed E-state index contributed by atoms with van der Waals surface area (Å²) in [5.74, 6) is 1.43. The van der Waals surface area contributed by atoms with Crippen LogP contribution in [0.2, 0.25) is 0 Å². The SMILES string of the molecule is CCCNc1nc(C)nc(-n2ccc(C(F)(F)F)n2)c1C. The van der Waals surface area contributed by atoms with Crippen molar-refractivity contribution in [2.75, 3.05) is 11.9 Å². The first-order chi connectivity index (χ1) is 9.82. The van der Waals surface area contributed by atoms with Crippen LogP contribution in [-0.4, -0.2) is 26.3 Å². The molecule has 2 heterocycles. The van der Waals surface area contributed by atoms with Crippen LogP contribution in [0.25, 0.3) is 5.82 Å². The summed E-state index contributed by atoms with van der Waals surface area (Å²) >= 11 is 0. The van der Waals surface area contributed by atoms with Gasteiger partial charge < -0.3 is 5.32 Å². The molecule has 2 aromatic heterocycles. The third-order valence-electron chi connectivity index (χ3n) is 2.87. The summed E-state index contributed by atoms with van der Waals surface area (Å²) in [4.78, 5) is 8.46. The van der Waals surface area contributed by atoms with Crippen molar-refractivity contribution in [1.29, 1.82) is 0 Å². The van der Waals surface area contributed by atoms with E-state index in [0.29, 0.717) is 23.0 Å². The van der Waals surface area contributed by atoms with Gasteiger partial charge in [0.1, 0.15) is 11.6 Å². The Bertz CT molecular complexity index is 633. The molecule has 0 unspecified atom stereocenters. The Morgan fingerprint density at radius 3 is 2.52 bits per heavy atom. The van der Waals surface area contributed by atoms with E-state index in [2.05, 4.69) is 20.4 Å². The second kappa shape index (κ2) is 5.71. The number of anilines is 1. The molecule has 2 rings (SSSR count). The Kier molecular flexibility index (Phi) is 4.15. The first-order valence-electron chi connectivity index (χ1n) is 6.55. The minimum Gasteiger partial charge on any atom is -0.370 e. The highest BCUT2D eigenvalue weighted by molar-refractivity contribution is 5.51. The predicted molar refractivity (Wildman–Crippen MR) is 72.4 cm³/mol. The van der Waals surface area contributed by atoms with Gasteiger partial charge in [0, 0.05) is 18.3 Å². The zero-order valence-corrected chi connectivity index (χ0v) is 12.0. The molecule has 1 N–H and O–H groups in total. The third-order valence-corrected chi connectivity index (χ3v) is 2.87. The second-order valence-corrected chi connectivity index (χ2v) is 4.64. The fraction of sp³-hybridized carbons (Fsp3) is 0.462. The standard InChI is InChI=1S/C13H16F3N5/c1-4-6-17-11-8(2)12(19-9(3)18-11)21-7-5-10(20-21)13(14,15)16/h5,7H,4,6H2,1-3H3,(H,17,18,19). The maximum Gasteiger partial charge on any atom is 0.435 e. The predicted octanol–water partition coefficient (Wildman–Crippen LogP) is 3.12. The molecule has 0 bridgehead atoms. The number of aromatic nitrogens is 4. The lowest BCUT2D eigenvalue weighted by molar-refractivity contribution is -0.141. The lowest BCUT2D eigenvalue weighted by Gasteiger charge is -2.12. The summed E-state index contributed by atoms with van der Waals surface area (Å²) in [5, 5.41) is 6.68. The van der Waals surface area contributed by atoms with Gasteiger partial charge in [-0.25, -0.2) is 14.6 Å². The van der Waals surface area contributed by atoms with Crippen LogP contribution in [0.3, 0.4) is 0 Å². The number of hydrogen-bond donors (Lipinski definition) is 1. The average Bonchev–Trinajstić information content (AvgIpc) is 2.88. The minimum atomic E-state index is -4.47. The van der Waals surface area contributed by atoms with E-state index >= 15 is 0 Å². The molecule has 0 radical (unpaired) electrons. The highest BCUT2D eigenvalue weighted by atomic mass is 19.4. The molecule has 21 heavy (non-hydrogen) atoms. The third kappa shape index (κ3) is 3.32. The zero-order valence-electron chi connectivity index (χ0n) is 12.0. The largest absolute Gasteiger partial charge is 0.435 e. The topological polar surface area (TPSA) is 55.6 Å². The Hall–Kier alpha value is -2.12. The highest BCUT2D eigenvalue weighted by Crippen LogP contribution is 2.28. The molecular formula is C13H16F3N5. The number of aryl methyl sites for hydroxylation is 1. The molecule has 0 amide bonds. The van der Waals surface area contributed by atoms with E-state index in [9.17, 15) is 13.2 Å². The second-order valence-electron chi connectivity index (χ2n) is 4.64. The molecule has 0 aromatic carbocycles. The summed E-state index contributed by atoms with van der Waals surface area (Å²) in [6, 6.07) is 0.927. The lowest BCUT2D eigenvalue weighted by atomic mass is 10.3. The van der Waals surface area contributed by atoms with Gasteiger partial charge >= 0.3 is 6.18 Å². The summed E-state index contributed by atoms with van der Waals surface area (Å²) in [6.07, 6.45) is -2.30. The molecule has 114 valence electrons. The van der Waals surface area contributed by atoms with Crippen molar-refractivity contribution < 1.29 is 13.2 Å². The normalized spacial score (nSPS) is 11.7. The van der Waals surface area contributed by atoms with E-state index in [1.165, 1.54) is 6.20 Å². The van der Waals surface area contributed by atoms with Crippen LogP contribution in [-0.2, 0) is 6.18 Å². The molecule has 0 aliphatic rings. The van der Waals surface area contributed by atoms with Crippen LogP contribution in [0, 0.1) is 13.8 Å². The molecule has 0 aliphatic heterocycles. The van der Waals surface area contributed by atoms with E-state index in [4.69, 9.17) is 0 Å². The van der Waals surface area contributed by atoms with Crippen LogP contribution >= 0.6 is 0 Å². The Morgan fingerprint density at radius 2 is 1.95 bits per heavy atom. The fourth-order valence-electron chi connectivity index (χ4n) is 1.85. The highest BCUT2D eigenvalue weighted by Gasteiger charge is 2.33. The van der Waals surface area contributed by atoms with Gasteiger partial charge in [-0.1, -0.05) is 6.92 Å². The molecule has 0 atom stereocenters. The van der Waals surface area contributed by atoms with Crippen LogP contribution in [0.1, 0.15) is 30.4 Å². The molecule has 0 saturated carbocycles. The van der Waals surface area contributed by atoms with E-state index in [0.717, 1.165) is 23.7 Å². The van der Waals surface area contributed by atoms with E-state index < -0.39 is 11.9 Å². The molecule has 2 aromatic rings. The van der Waals surface area contributed by atoms with Crippen LogP contribution in [0.5, 0.6) is 0 Å². The van der Waals surface area contributed by atoms with Crippen molar-refractivity contribution in [1.82, 2.24) is 19.7 Å². The van der Waals surface area contributed by atoms with Crippen molar-refractivity contribution >= 4 is 5.82 Å². The van der Waals surface area contributed by atoms with Crippen LogP contribution in [0.4, 0.5) is 19.0 Å². The first kappa shape index (κ1) is 15.3. The lowest BCUT2D eigenvalue weighted by Crippen LogP contribution is -2.12. The fourth-order valence-corrected chi connectivity index (χ4v) is 1.85. The monoisotopic (exact) mass is 299 g/mol. The molecule has 8 heteroatoms. The number of hydrogen-bond acceptors (Lipinski definition) is 4. The maximum absolute atomic E-state index is 12.6. The van der Waals surface area contributed by atoms with Gasteiger partial charge in [-0.3, -0.25) is 0 Å². The number of alkyl halides is 3. The van der Waals surface area contributed by atoms with Gasteiger partial charge in [0.25, 0.3) is 0 Å². The average molecular weight is 299 g/mol. The van der Waals surface area contributed by atoms with Crippen molar-refractivity contribution in [3.05, 3.63) is 29.3 Å². The van der Waals surface area contributed by atoms with E-state index in [-0.39, 0.29) is 0 Å². The molecule has 0 aliphatic carbocycles. The van der Waals surface area contributed by atoms with E-state index in [1.807, 2.05) is 6.92 Å². The quantitative estimate of drug-likeness (QED) is 0.942. The minimum absolute atomic E-state index is 0.344. The Morgan fingerprint density at radius 1 is 1.24 bits per heavy atom. The summed E-state index contributed by atoms with van der Waals surface area (Å²) in [6.45, 7) is 6.18. The van der Waals surface area contributed by atoms with Gasteiger partial charge in [0.05, 0.1) is 0 Å². The van der Waals surface area contributed by atoms with Crippen molar-refractivity contribution in [3.8, 4) is 5.82 Å². The van der Waals surface area contributed by atoms with Crippen LogP contribution < -0.4 is 5.32 Å². The van der Waals surface area contributed by atoms with Gasteiger partial charge in [0.15, 0.2) is 11.5 Å². The molecule has 0 fully saturated rings. The maximum atomic E-state index is 12.6. The van der Waals surface area contributed by atoms with Crippen molar-refractivity contribution in [3.63, 3.8) is 0 Å². The van der Waals surface area contributed by atoms with Gasteiger partial charge in [-0.15, -0.1) is 0 Å². The van der Waals surface area contributed by atoms with Crippen LogP contribution in [0.15, 0.2) is 12.3 Å². The molecular weight excluding hydrogens is 283 g/mol. The number of halogens is 3. The van der Waals surface area contributed by atoms with Gasteiger partial charge in [0.2, 0.25) is 0 Å². The molecule has 5 nitrogen and oxygen atoms in total. The summed E-state index contributed by atoms with van der Waals surface area (Å²) in [7, 11) is 0. The smallest absolute Gasteiger partial charge is 0.370 e.